The van der Waals surface area contributed by atoms with Crippen LogP contribution in [0.3, 0.4) is 0 Å². The predicted octanol–water partition coefficient (Wildman–Crippen LogP) is 6.43. The molecular formula is C25H20Cl2F5N3O. The predicted molar refractivity (Wildman–Crippen MR) is 126 cm³/mol. The third-order valence-electron chi connectivity index (χ3n) is 6.26. The Labute approximate surface area is 214 Å². The molecular weight excluding hydrogens is 524 g/mol. The summed E-state index contributed by atoms with van der Waals surface area (Å²) in [5.74, 6) is -2.63. The summed E-state index contributed by atoms with van der Waals surface area (Å²) in [7, 11) is 1.75. The van der Waals surface area contributed by atoms with Crippen LogP contribution < -0.4 is 0 Å². The van der Waals surface area contributed by atoms with Crippen LogP contribution in [-0.4, -0.2) is 46.9 Å². The van der Waals surface area contributed by atoms with Crippen LogP contribution in [0.2, 0.25) is 10.0 Å². The molecule has 0 aliphatic carbocycles. The van der Waals surface area contributed by atoms with Gasteiger partial charge in [-0.15, -0.1) is 0 Å². The number of alkyl halides is 3. The van der Waals surface area contributed by atoms with Crippen molar-refractivity contribution in [1.82, 2.24) is 14.8 Å². The van der Waals surface area contributed by atoms with Crippen molar-refractivity contribution in [2.75, 3.05) is 20.1 Å². The first-order valence-electron chi connectivity index (χ1n) is 10.9. The molecule has 0 bridgehead atoms. The highest BCUT2D eigenvalue weighted by Crippen LogP contribution is 2.36. The molecule has 2 atom stereocenters. The fourth-order valence-electron chi connectivity index (χ4n) is 4.45. The van der Waals surface area contributed by atoms with Gasteiger partial charge in [-0.05, 0) is 54.6 Å². The first-order chi connectivity index (χ1) is 16.9. The molecule has 2 aromatic carbocycles. The smallest absolute Gasteiger partial charge is 0.336 e. The molecule has 11 heteroatoms. The van der Waals surface area contributed by atoms with Crippen molar-refractivity contribution < 1.29 is 26.7 Å². The molecule has 1 amide bonds. The zero-order valence-electron chi connectivity index (χ0n) is 18.9. The van der Waals surface area contributed by atoms with E-state index in [1.807, 2.05) is 4.90 Å². The maximum Gasteiger partial charge on any atom is 0.419 e. The number of benzene rings is 2. The average molecular weight is 544 g/mol. The first kappa shape index (κ1) is 26.3. The number of nitrogens with zero attached hydrogens (tertiary/aromatic N) is 3. The van der Waals surface area contributed by atoms with E-state index in [0.717, 1.165) is 30.0 Å². The van der Waals surface area contributed by atoms with Gasteiger partial charge in [0.1, 0.15) is 5.82 Å². The van der Waals surface area contributed by atoms with Gasteiger partial charge in [0, 0.05) is 37.8 Å². The second-order valence-corrected chi connectivity index (χ2v) is 9.47. The second kappa shape index (κ2) is 10.3. The molecule has 4 nitrogen and oxygen atoms in total. The Kier molecular flexibility index (Phi) is 7.54. The lowest BCUT2D eigenvalue weighted by atomic mass is 9.93. The third-order valence-corrected chi connectivity index (χ3v) is 7.00. The van der Waals surface area contributed by atoms with Gasteiger partial charge in [-0.25, -0.2) is 9.37 Å². The molecule has 1 fully saturated rings. The SMILES string of the molecule is CN(Cc1ccc(C(F)(F)F)c(F)c1)C1CN(C(=O)c2ccc(F)nc2)CC1c1ccc(Cl)c(Cl)c1. The maximum atomic E-state index is 14.1. The van der Waals surface area contributed by atoms with E-state index in [0.29, 0.717) is 22.2 Å². The highest BCUT2D eigenvalue weighted by Gasteiger charge is 2.39. The lowest BCUT2D eigenvalue weighted by Crippen LogP contribution is -2.38. The van der Waals surface area contributed by atoms with Crippen molar-refractivity contribution in [3.63, 3.8) is 0 Å². The largest absolute Gasteiger partial charge is 0.419 e. The number of hydrogen-bond donors (Lipinski definition) is 0. The van der Waals surface area contributed by atoms with E-state index in [1.54, 1.807) is 30.1 Å². The quantitative estimate of drug-likeness (QED) is 0.275. The molecule has 0 radical (unpaired) electrons. The third kappa shape index (κ3) is 5.63. The van der Waals surface area contributed by atoms with Crippen LogP contribution in [0.25, 0.3) is 0 Å². The summed E-state index contributed by atoms with van der Waals surface area (Å²) in [5, 5.41) is 0.710. The summed E-state index contributed by atoms with van der Waals surface area (Å²) in [6, 6.07) is 10.1. The Morgan fingerprint density at radius 1 is 1.06 bits per heavy atom. The Bertz CT molecular complexity index is 1270. The number of carbonyl (C=O) groups excluding carboxylic acids is 1. The van der Waals surface area contributed by atoms with Crippen molar-refractivity contribution in [2.24, 2.45) is 0 Å². The van der Waals surface area contributed by atoms with E-state index < -0.39 is 23.5 Å². The zero-order chi connectivity index (χ0) is 26.2. The summed E-state index contributed by atoms with van der Waals surface area (Å²) >= 11 is 12.3. The van der Waals surface area contributed by atoms with Gasteiger partial charge >= 0.3 is 6.18 Å². The molecule has 3 aromatic rings. The Hall–Kier alpha value is -2.75. The molecule has 0 N–H and O–H groups in total. The van der Waals surface area contributed by atoms with E-state index in [9.17, 15) is 26.7 Å². The number of rotatable bonds is 5. The normalized spacial score (nSPS) is 18.2. The van der Waals surface area contributed by atoms with E-state index >= 15 is 0 Å². The monoisotopic (exact) mass is 543 g/mol. The second-order valence-electron chi connectivity index (χ2n) is 8.65. The number of carbonyl (C=O) groups is 1. The Balaban J connectivity index is 1.61. The zero-order valence-corrected chi connectivity index (χ0v) is 20.4. The molecule has 4 rings (SSSR count). The molecule has 2 unspecified atom stereocenters. The van der Waals surface area contributed by atoms with Gasteiger partial charge in [-0.2, -0.15) is 17.6 Å². The van der Waals surface area contributed by atoms with E-state index in [4.69, 9.17) is 23.2 Å². The number of hydrogen-bond acceptors (Lipinski definition) is 3. The highest BCUT2D eigenvalue weighted by atomic mass is 35.5. The summed E-state index contributed by atoms with van der Waals surface area (Å²) in [5.41, 5.74) is 0.0568. The standard InChI is InChI=1S/C25H20Cl2F5N3O/c1-34(11-14-2-5-18(21(28)8-14)25(30,31)32)22-13-35(24(36)16-4-7-23(29)33-10-16)12-17(22)15-3-6-19(26)20(27)9-15/h2-10,17,22H,11-13H2,1H3. The Morgan fingerprint density at radius 3 is 2.42 bits per heavy atom. The van der Waals surface area contributed by atoms with Crippen LogP contribution in [0.15, 0.2) is 54.7 Å². The van der Waals surface area contributed by atoms with Gasteiger partial charge in [0.05, 0.1) is 21.2 Å². The van der Waals surface area contributed by atoms with Crippen molar-refractivity contribution in [2.45, 2.75) is 24.7 Å². The van der Waals surface area contributed by atoms with Gasteiger partial charge in [0.15, 0.2) is 0 Å². The minimum Gasteiger partial charge on any atom is -0.336 e. The molecule has 1 aliphatic rings. The summed E-state index contributed by atoms with van der Waals surface area (Å²) in [6.45, 7) is 0.697. The number of aromatic nitrogens is 1. The molecule has 0 spiro atoms. The fourth-order valence-corrected chi connectivity index (χ4v) is 4.75. The number of likely N-dealkylation sites (N-methyl/N-ethyl adjacent to an activating group) is 1. The molecule has 1 saturated heterocycles. The summed E-state index contributed by atoms with van der Waals surface area (Å²) in [4.78, 5) is 20.1. The summed E-state index contributed by atoms with van der Waals surface area (Å²) in [6.07, 6.45) is -3.62. The van der Waals surface area contributed by atoms with Crippen LogP contribution in [0.4, 0.5) is 22.0 Å². The van der Waals surface area contributed by atoms with Crippen LogP contribution >= 0.6 is 23.2 Å². The van der Waals surface area contributed by atoms with Crippen LogP contribution in [0.5, 0.6) is 0 Å². The highest BCUT2D eigenvalue weighted by molar-refractivity contribution is 6.42. The van der Waals surface area contributed by atoms with Gasteiger partial charge in [-0.3, -0.25) is 9.69 Å². The van der Waals surface area contributed by atoms with Crippen molar-refractivity contribution >= 4 is 29.1 Å². The molecule has 1 aliphatic heterocycles. The number of likely N-dealkylation sites (tertiary alicyclic amines) is 1. The van der Waals surface area contributed by atoms with Crippen molar-refractivity contribution in [1.29, 1.82) is 0 Å². The minimum absolute atomic E-state index is 0.137. The number of amides is 1. The van der Waals surface area contributed by atoms with Gasteiger partial charge in [0.25, 0.3) is 5.91 Å². The molecule has 0 saturated carbocycles. The lowest BCUT2D eigenvalue weighted by molar-refractivity contribution is -0.140. The minimum atomic E-state index is -4.78. The Morgan fingerprint density at radius 2 is 1.81 bits per heavy atom. The molecule has 190 valence electrons. The van der Waals surface area contributed by atoms with E-state index in [2.05, 4.69) is 4.98 Å². The molecule has 2 heterocycles. The van der Waals surface area contributed by atoms with Crippen molar-refractivity contribution in [3.05, 3.63) is 98.8 Å². The topological polar surface area (TPSA) is 36.4 Å². The number of halogens is 7. The first-order valence-corrected chi connectivity index (χ1v) is 11.6. The summed E-state index contributed by atoms with van der Waals surface area (Å²) < 4.78 is 66.2. The van der Waals surface area contributed by atoms with Crippen LogP contribution in [0, 0.1) is 11.8 Å². The van der Waals surface area contributed by atoms with E-state index in [-0.39, 0.29) is 36.5 Å². The van der Waals surface area contributed by atoms with E-state index in [1.165, 1.54) is 12.1 Å². The number of pyridine rings is 1. The molecule has 36 heavy (non-hydrogen) atoms. The van der Waals surface area contributed by atoms with Crippen LogP contribution in [-0.2, 0) is 12.7 Å². The van der Waals surface area contributed by atoms with Crippen molar-refractivity contribution in [3.8, 4) is 0 Å². The van der Waals surface area contributed by atoms with Crippen LogP contribution in [0.1, 0.15) is 33.0 Å². The average Bonchev–Trinajstić information content (AvgIpc) is 3.26. The lowest BCUT2D eigenvalue weighted by Gasteiger charge is -2.29. The van der Waals surface area contributed by atoms with Gasteiger partial charge in [-0.1, -0.05) is 35.3 Å². The van der Waals surface area contributed by atoms with Gasteiger partial charge in [0.2, 0.25) is 5.95 Å². The fraction of sp³-hybridized carbons (Fsp3) is 0.280. The van der Waals surface area contributed by atoms with Gasteiger partial charge < -0.3 is 4.90 Å². The maximum absolute atomic E-state index is 14.1. The molecule has 1 aromatic heterocycles.